The summed E-state index contributed by atoms with van der Waals surface area (Å²) in [5.41, 5.74) is 0.988. The molecular weight excluding hydrogens is 195 g/mol. The summed E-state index contributed by atoms with van der Waals surface area (Å²) in [4.78, 5) is 11.1. The lowest BCUT2D eigenvalue weighted by Gasteiger charge is -2.06. The van der Waals surface area contributed by atoms with E-state index < -0.39 is 7.12 Å². The van der Waals surface area contributed by atoms with Gasteiger partial charge in [0.2, 0.25) is 0 Å². The first kappa shape index (κ1) is 11.5. The highest BCUT2D eigenvalue weighted by molar-refractivity contribution is 6.58. The second kappa shape index (κ2) is 5.38. The van der Waals surface area contributed by atoms with E-state index in [-0.39, 0.29) is 6.03 Å². The molecule has 0 aliphatic rings. The molecular formula is C9H13BN2O3. The summed E-state index contributed by atoms with van der Waals surface area (Å²) >= 11 is 0. The van der Waals surface area contributed by atoms with Gasteiger partial charge in [0.1, 0.15) is 0 Å². The van der Waals surface area contributed by atoms with Crippen molar-refractivity contribution >= 4 is 24.3 Å². The molecule has 0 spiro atoms. The average Bonchev–Trinajstić information content (AvgIpc) is 2.18. The second-order valence-corrected chi connectivity index (χ2v) is 2.98. The van der Waals surface area contributed by atoms with E-state index in [0.717, 1.165) is 0 Å². The molecule has 0 fully saturated rings. The van der Waals surface area contributed by atoms with Crippen LogP contribution in [0, 0.1) is 0 Å². The van der Waals surface area contributed by atoms with Crippen LogP contribution in [0.5, 0.6) is 0 Å². The molecule has 0 atom stereocenters. The van der Waals surface area contributed by atoms with Crippen molar-refractivity contribution in [1.29, 1.82) is 0 Å². The highest BCUT2D eigenvalue weighted by Crippen LogP contribution is 2.03. The van der Waals surface area contributed by atoms with E-state index in [1.165, 1.54) is 12.1 Å². The molecule has 0 saturated carbocycles. The minimum atomic E-state index is -1.48. The lowest BCUT2D eigenvalue weighted by molar-refractivity contribution is 0.252. The van der Waals surface area contributed by atoms with Gasteiger partial charge in [0.05, 0.1) is 0 Å². The molecule has 1 rings (SSSR count). The molecule has 0 aromatic heterocycles. The molecule has 0 unspecified atom stereocenters. The van der Waals surface area contributed by atoms with E-state index >= 15 is 0 Å². The fourth-order valence-electron chi connectivity index (χ4n) is 1.07. The van der Waals surface area contributed by atoms with Gasteiger partial charge < -0.3 is 20.7 Å². The van der Waals surface area contributed by atoms with Crippen molar-refractivity contribution in [3.63, 3.8) is 0 Å². The van der Waals surface area contributed by atoms with Crippen molar-refractivity contribution < 1.29 is 14.8 Å². The third-order valence-corrected chi connectivity index (χ3v) is 1.80. The van der Waals surface area contributed by atoms with Gasteiger partial charge in [0.15, 0.2) is 0 Å². The largest absolute Gasteiger partial charge is 0.488 e. The third-order valence-electron chi connectivity index (χ3n) is 1.80. The quantitative estimate of drug-likeness (QED) is 0.506. The van der Waals surface area contributed by atoms with Gasteiger partial charge in [-0.15, -0.1) is 0 Å². The predicted octanol–water partition coefficient (Wildman–Crippen LogP) is -0.492. The summed E-state index contributed by atoms with van der Waals surface area (Å²) in [6.07, 6.45) is 0. The minimum Gasteiger partial charge on any atom is -0.423 e. The average molecular weight is 208 g/mol. The lowest BCUT2D eigenvalue weighted by atomic mass is 9.80. The maximum absolute atomic E-state index is 11.1. The number of anilines is 1. The van der Waals surface area contributed by atoms with E-state index in [2.05, 4.69) is 10.6 Å². The Morgan fingerprint density at radius 2 is 1.93 bits per heavy atom. The Bertz CT molecular complexity index is 327. The summed E-state index contributed by atoms with van der Waals surface area (Å²) in [6.45, 7) is 2.38. The number of urea groups is 1. The van der Waals surface area contributed by atoms with Crippen molar-refractivity contribution in [2.24, 2.45) is 0 Å². The van der Waals surface area contributed by atoms with Crippen LogP contribution in [-0.4, -0.2) is 29.7 Å². The normalized spacial score (nSPS) is 9.53. The van der Waals surface area contributed by atoms with Crippen molar-refractivity contribution in [1.82, 2.24) is 5.32 Å². The molecule has 1 aromatic rings. The fraction of sp³-hybridized carbons (Fsp3) is 0.222. The van der Waals surface area contributed by atoms with Gasteiger partial charge in [-0.3, -0.25) is 0 Å². The molecule has 0 radical (unpaired) electrons. The zero-order valence-corrected chi connectivity index (χ0v) is 8.40. The minimum absolute atomic E-state index is 0.283. The van der Waals surface area contributed by atoms with Gasteiger partial charge in [-0.05, 0) is 24.5 Å². The van der Waals surface area contributed by atoms with Crippen LogP contribution < -0.4 is 16.1 Å². The van der Waals surface area contributed by atoms with Crippen LogP contribution in [0.2, 0.25) is 0 Å². The molecule has 5 nitrogen and oxygen atoms in total. The van der Waals surface area contributed by atoms with Crippen LogP contribution in [0.3, 0.4) is 0 Å². The number of benzene rings is 1. The number of carbonyl (C=O) groups excluding carboxylic acids is 1. The van der Waals surface area contributed by atoms with Crippen LogP contribution in [0.4, 0.5) is 10.5 Å². The second-order valence-electron chi connectivity index (χ2n) is 2.98. The molecule has 2 amide bonds. The fourth-order valence-corrected chi connectivity index (χ4v) is 1.07. The van der Waals surface area contributed by atoms with Crippen LogP contribution in [0.15, 0.2) is 24.3 Å². The molecule has 0 aliphatic carbocycles. The van der Waals surface area contributed by atoms with Gasteiger partial charge >= 0.3 is 13.1 Å². The summed E-state index contributed by atoms with van der Waals surface area (Å²) in [5, 5.41) is 22.9. The van der Waals surface area contributed by atoms with Crippen LogP contribution in [0.25, 0.3) is 0 Å². The Labute approximate surface area is 88.3 Å². The molecule has 0 aliphatic heterocycles. The Hall–Kier alpha value is -1.53. The molecule has 6 heteroatoms. The van der Waals surface area contributed by atoms with Gasteiger partial charge in [-0.25, -0.2) is 4.79 Å². The van der Waals surface area contributed by atoms with Crippen LogP contribution >= 0.6 is 0 Å². The molecule has 0 saturated heterocycles. The highest BCUT2D eigenvalue weighted by Gasteiger charge is 2.09. The first-order chi connectivity index (χ1) is 7.13. The number of rotatable bonds is 3. The number of hydrogen-bond acceptors (Lipinski definition) is 3. The van der Waals surface area contributed by atoms with Crippen LogP contribution in [0.1, 0.15) is 6.92 Å². The molecule has 1 aromatic carbocycles. The SMILES string of the molecule is CCNC(=O)Nc1ccc(B(O)O)cc1. The molecule has 4 N–H and O–H groups in total. The molecule has 0 bridgehead atoms. The van der Waals surface area contributed by atoms with E-state index in [4.69, 9.17) is 10.0 Å². The summed E-state index contributed by atoms with van der Waals surface area (Å²) in [7, 11) is -1.48. The standard InChI is InChI=1S/C9H13BN2O3/c1-2-11-9(13)12-8-5-3-7(4-6-8)10(14)15/h3-6,14-15H,2H2,1H3,(H2,11,12,13). The Morgan fingerprint density at radius 1 is 1.33 bits per heavy atom. The summed E-state index contributed by atoms with van der Waals surface area (Å²) in [5.74, 6) is 0. The Kier molecular flexibility index (Phi) is 4.14. The highest BCUT2D eigenvalue weighted by atomic mass is 16.4. The number of amides is 2. The maximum Gasteiger partial charge on any atom is 0.488 e. The van der Waals surface area contributed by atoms with Crippen molar-refractivity contribution in [2.45, 2.75) is 6.92 Å². The predicted molar refractivity (Wildman–Crippen MR) is 59.0 cm³/mol. The van der Waals surface area contributed by atoms with Gasteiger partial charge in [0, 0.05) is 12.2 Å². The lowest BCUT2D eigenvalue weighted by Crippen LogP contribution is -2.30. The molecule has 80 valence electrons. The van der Waals surface area contributed by atoms with Crippen molar-refractivity contribution in [2.75, 3.05) is 11.9 Å². The topological polar surface area (TPSA) is 81.6 Å². The first-order valence-corrected chi connectivity index (χ1v) is 4.64. The van der Waals surface area contributed by atoms with Crippen LogP contribution in [-0.2, 0) is 0 Å². The van der Waals surface area contributed by atoms with Gasteiger partial charge in [0.25, 0.3) is 0 Å². The summed E-state index contributed by atoms with van der Waals surface area (Å²) < 4.78 is 0. The first-order valence-electron chi connectivity index (χ1n) is 4.64. The van der Waals surface area contributed by atoms with E-state index in [1.54, 1.807) is 12.1 Å². The zero-order valence-electron chi connectivity index (χ0n) is 8.40. The van der Waals surface area contributed by atoms with E-state index in [0.29, 0.717) is 17.7 Å². The van der Waals surface area contributed by atoms with Crippen molar-refractivity contribution in [3.8, 4) is 0 Å². The third kappa shape index (κ3) is 3.61. The molecule has 15 heavy (non-hydrogen) atoms. The van der Waals surface area contributed by atoms with Crippen molar-refractivity contribution in [3.05, 3.63) is 24.3 Å². The van der Waals surface area contributed by atoms with Gasteiger partial charge in [-0.2, -0.15) is 0 Å². The van der Waals surface area contributed by atoms with E-state index in [1.807, 2.05) is 6.92 Å². The Morgan fingerprint density at radius 3 is 2.40 bits per heavy atom. The Balaban J connectivity index is 2.60. The smallest absolute Gasteiger partial charge is 0.423 e. The monoisotopic (exact) mass is 208 g/mol. The number of carbonyl (C=O) groups is 1. The molecule has 0 heterocycles. The number of hydrogen-bond donors (Lipinski definition) is 4. The van der Waals surface area contributed by atoms with E-state index in [9.17, 15) is 4.79 Å². The number of nitrogens with one attached hydrogen (secondary N) is 2. The summed E-state index contributed by atoms with van der Waals surface area (Å²) in [6, 6.07) is 5.99. The van der Waals surface area contributed by atoms with Gasteiger partial charge in [-0.1, -0.05) is 12.1 Å². The maximum atomic E-state index is 11.1. The zero-order chi connectivity index (χ0) is 11.3.